The molecule has 15 rings (SSSR count). The first-order chi connectivity index (χ1) is 45.1. The minimum Gasteiger partial charge on any atom is -0.309 e. The molecule has 0 unspecified atom stereocenters. The lowest BCUT2D eigenvalue weighted by atomic mass is 9.90. The van der Waals surface area contributed by atoms with Gasteiger partial charge in [0.15, 0.2) is 17.5 Å². The van der Waals surface area contributed by atoms with Gasteiger partial charge in [-0.1, -0.05) is 176 Å². The van der Waals surface area contributed by atoms with Gasteiger partial charge in [-0.25, -0.2) is 15.0 Å². The molecule has 0 bridgehead atoms. The smallest absolute Gasteiger partial charge is 0.309 e. The van der Waals surface area contributed by atoms with Crippen LogP contribution in [0, 0.1) is 45.3 Å². The summed E-state index contributed by atoms with van der Waals surface area (Å²) in [6.45, 7) is 0. The van der Waals surface area contributed by atoms with E-state index in [-0.39, 0.29) is 28.2 Å². The van der Waals surface area contributed by atoms with Crippen LogP contribution in [0.15, 0.2) is 267 Å². The van der Waals surface area contributed by atoms with Crippen molar-refractivity contribution in [3.8, 4) is 125 Å². The SMILES string of the molecule is N#Cc1ccccc1-c1ccc2c(c1)c1cc(-c3ccccc3C#N)ccc1n2-c1cccc(-c2nc(-c3ccccc3)nc(-c3ccccc3)n2)c1-c1c(-n2c3ccc(-c4ccccc4C#N)cc3c3cc(-c4ccccc4C#N)ccc32)cccc1C(F)(F)F. The summed E-state index contributed by atoms with van der Waals surface area (Å²) in [5.74, 6) is 0.701. The third-order valence-electron chi connectivity index (χ3n) is 17.0. The maximum Gasteiger partial charge on any atom is 0.417 e. The molecular weight excluding hydrogens is 1140 g/mol. The Morgan fingerprint density at radius 1 is 0.283 bits per heavy atom. The molecule has 3 heterocycles. The fourth-order valence-corrected chi connectivity index (χ4v) is 12.9. The number of alkyl halides is 3. The maximum absolute atomic E-state index is 17.1. The summed E-state index contributed by atoms with van der Waals surface area (Å²) in [6.07, 6.45) is -4.98. The maximum atomic E-state index is 17.1. The monoisotopic (exact) mass is 1190 g/mol. The van der Waals surface area contributed by atoms with E-state index in [2.05, 4.69) is 24.3 Å². The van der Waals surface area contributed by atoms with E-state index in [9.17, 15) is 21.0 Å². The van der Waals surface area contributed by atoms with E-state index in [0.29, 0.717) is 106 Å². The van der Waals surface area contributed by atoms with Gasteiger partial charge in [0.05, 0.1) is 85.5 Å². The highest BCUT2D eigenvalue weighted by Crippen LogP contribution is 2.50. The van der Waals surface area contributed by atoms with Gasteiger partial charge in [0, 0.05) is 49.4 Å². The largest absolute Gasteiger partial charge is 0.417 e. The Balaban J connectivity index is 1.10. The van der Waals surface area contributed by atoms with E-state index in [1.54, 1.807) is 48.5 Å². The highest BCUT2D eigenvalue weighted by Gasteiger charge is 2.38. The van der Waals surface area contributed by atoms with Crippen LogP contribution in [-0.2, 0) is 6.18 Å². The lowest BCUT2D eigenvalue weighted by Gasteiger charge is -2.24. The zero-order valence-electron chi connectivity index (χ0n) is 48.6. The van der Waals surface area contributed by atoms with Crippen molar-refractivity contribution in [2.75, 3.05) is 0 Å². The van der Waals surface area contributed by atoms with E-state index in [1.807, 2.05) is 215 Å². The van der Waals surface area contributed by atoms with Crippen LogP contribution in [-0.4, -0.2) is 24.1 Å². The lowest BCUT2D eigenvalue weighted by Crippen LogP contribution is -2.12. The van der Waals surface area contributed by atoms with Gasteiger partial charge in [-0.05, 0) is 136 Å². The summed E-state index contributed by atoms with van der Waals surface area (Å²) in [6, 6.07) is 90.3. The molecule has 0 fully saturated rings. The minimum atomic E-state index is -4.98. The van der Waals surface area contributed by atoms with Crippen LogP contribution in [0.4, 0.5) is 13.2 Å². The van der Waals surface area contributed by atoms with Gasteiger partial charge in [0.1, 0.15) is 0 Å². The second-order valence-electron chi connectivity index (χ2n) is 22.2. The molecule has 12 heteroatoms. The average Bonchev–Trinajstić information content (AvgIpc) is 1.49. The molecule has 0 amide bonds. The fourth-order valence-electron chi connectivity index (χ4n) is 12.9. The molecule has 0 atom stereocenters. The number of hydrogen-bond acceptors (Lipinski definition) is 7. The first-order valence-corrected chi connectivity index (χ1v) is 29.5. The molecule has 0 saturated heterocycles. The Bertz CT molecular complexity index is 5410. The normalized spacial score (nSPS) is 11.4. The van der Waals surface area contributed by atoms with Gasteiger partial charge in [-0.3, -0.25) is 0 Å². The van der Waals surface area contributed by atoms with Crippen LogP contribution in [0.3, 0.4) is 0 Å². The molecule has 0 saturated carbocycles. The van der Waals surface area contributed by atoms with Crippen LogP contribution < -0.4 is 0 Å². The van der Waals surface area contributed by atoms with E-state index < -0.39 is 11.7 Å². The van der Waals surface area contributed by atoms with Crippen molar-refractivity contribution in [1.29, 1.82) is 21.0 Å². The second-order valence-corrected chi connectivity index (χ2v) is 22.2. The molecule has 0 aliphatic rings. The van der Waals surface area contributed by atoms with E-state index in [0.717, 1.165) is 39.1 Å². The van der Waals surface area contributed by atoms with Gasteiger partial charge in [-0.15, -0.1) is 0 Å². The van der Waals surface area contributed by atoms with Crippen LogP contribution >= 0.6 is 0 Å². The number of aromatic nitrogens is 5. The number of nitrogens with zero attached hydrogens (tertiary/aromatic N) is 9. The van der Waals surface area contributed by atoms with Gasteiger partial charge >= 0.3 is 6.18 Å². The average molecular weight is 1190 g/mol. The molecule has 9 nitrogen and oxygen atoms in total. The van der Waals surface area contributed by atoms with Crippen LogP contribution in [0.5, 0.6) is 0 Å². The first-order valence-electron chi connectivity index (χ1n) is 29.5. The number of hydrogen-bond donors (Lipinski definition) is 0. The van der Waals surface area contributed by atoms with E-state index in [1.165, 1.54) is 6.07 Å². The summed E-state index contributed by atoms with van der Waals surface area (Å²) in [5.41, 5.74) is 11.0. The molecule has 0 N–H and O–H groups in total. The third-order valence-corrected chi connectivity index (χ3v) is 17.0. The van der Waals surface area contributed by atoms with Gasteiger partial charge in [-0.2, -0.15) is 34.2 Å². The third kappa shape index (κ3) is 9.44. The number of rotatable bonds is 10. The predicted molar refractivity (Wildman–Crippen MR) is 356 cm³/mol. The van der Waals surface area contributed by atoms with E-state index in [4.69, 9.17) is 15.0 Å². The number of nitriles is 4. The molecule has 0 radical (unpaired) electrons. The van der Waals surface area contributed by atoms with Gasteiger partial charge < -0.3 is 9.13 Å². The standard InChI is InChI=1S/C80H44F3N9/c81-80(82,83)68-30-16-32-74(92-71-39-35-53(61-27-13-9-23-57(61)47-86)43-66(71)67-44-54(36-40-72(67)92)62-28-14-10-24-58(62)48-87)76(68)75-63(79-89-77(49-17-3-1-4-18-49)88-78(90-79)50-19-5-2-6-20-50)29-15-31-73(75)91-69-37-33-51(59-25-11-7-21-55(59)45-84)41-64(69)65-42-52(34-38-70(65)91)60-26-12-8-22-56(60)46-85/h1-44H. The van der Waals surface area contributed by atoms with Crippen molar-refractivity contribution in [3.05, 3.63) is 295 Å². The fraction of sp³-hybridized carbons (Fsp3) is 0.0125. The summed E-state index contributed by atoms with van der Waals surface area (Å²) in [4.78, 5) is 15.5. The molecule has 15 aromatic rings. The van der Waals surface area contributed by atoms with Crippen LogP contribution in [0.1, 0.15) is 27.8 Å². The van der Waals surface area contributed by atoms with Crippen molar-refractivity contribution in [3.63, 3.8) is 0 Å². The molecule has 0 spiro atoms. The van der Waals surface area contributed by atoms with Crippen LogP contribution in [0.2, 0.25) is 0 Å². The minimum absolute atomic E-state index is 0.105. The Morgan fingerprint density at radius 3 is 0.935 bits per heavy atom. The molecule has 0 aliphatic heterocycles. The summed E-state index contributed by atoms with van der Waals surface area (Å²) < 4.78 is 55.1. The van der Waals surface area contributed by atoms with E-state index >= 15 is 13.2 Å². The Morgan fingerprint density at radius 2 is 0.587 bits per heavy atom. The molecule has 92 heavy (non-hydrogen) atoms. The summed E-state index contributed by atoms with van der Waals surface area (Å²) in [7, 11) is 0. The topological polar surface area (TPSA) is 144 Å². The van der Waals surface area contributed by atoms with Crippen molar-refractivity contribution in [1.82, 2.24) is 24.1 Å². The number of halogens is 3. The second kappa shape index (κ2) is 22.6. The zero-order valence-corrected chi connectivity index (χ0v) is 48.6. The molecule has 430 valence electrons. The molecule has 3 aromatic heterocycles. The van der Waals surface area contributed by atoms with Crippen molar-refractivity contribution < 1.29 is 13.2 Å². The summed E-state index contributed by atoms with van der Waals surface area (Å²) in [5, 5.41) is 44.4. The van der Waals surface area contributed by atoms with Crippen LogP contribution in [0.25, 0.3) is 145 Å². The number of fused-ring (bicyclic) bond motifs is 6. The Hall–Kier alpha value is -13.0. The zero-order chi connectivity index (χ0) is 62.6. The quantitative estimate of drug-likeness (QED) is 0.133. The molecule has 12 aromatic carbocycles. The highest BCUT2D eigenvalue weighted by molar-refractivity contribution is 6.15. The number of benzene rings is 12. The summed E-state index contributed by atoms with van der Waals surface area (Å²) >= 11 is 0. The highest BCUT2D eigenvalue weighted by atomic mass is 19.4. The molecular formula is C80H44F3N9. The van der Waals surface area contributed by atoms with Gasteiger partial charge in [0.25, 0.3) is 0 Å². The predicted octanol–water partition coefficient (Wildman–Crippen LogP) is 19.9. The Kier molecular flexibility index (Phi) is 13.7. The van der Waals surface area contributed by atoms with Crippen molar-refractivity contribution in [2.45, 2.75) is 6.18 Å². The first kappa shape index (κ1) is 55.6. The lowest BCUT2D eigenvalue weighted by molar-refractivity contribution is -0.137. The molecule has 0 aliphatic carbocycles. The van der Waals surface area contributed by atoms with Crippen molar-refractivity contribution >= 4 is 43.6 Å². The van der Waals surface area contributed by atoms with Crippen molar-refractivity contribution in [2.24, 2.45) is 0 Å². The van der Waals surface area contributed by atoms with Gasteiger partial charge in [0.2, 0.25) is 0 Å². The Labute approximate surface area is 525 Å².